The Hall–Kier alpha value is -4.54. The van der Waals surface area contributed by atoms with Crippen molar-refractivity contribution in [3.05, 3.63) is 107 Å². The van der Waals surface area contributed by atoms with Gasteiger partial charge in [0.1, 0.15) is 24.7 Å². The molecule has 3 rings (SSSR count). The molecule has 2 N–H and O–H groups in total. The summed E-state index contributed by atoms with van der Waals surface area (Å²) in [7, 11) is 0. The highest BCUT2D eigenvalue weighted by molar-refractivity contribution is 6.08. The van der Waals surface area contributed by atoms with Crippen LogP contribution >= 0.6 is 0 Å². The molecule has 0 bridgehead atoms. The lowest BCUT2D eigenvalue weighted by atomic mass is 10.0. The van der Waals surface area contributed by atoms with Crippen molar-refractivity contribution in [2.75, 3.05) is 6.54 Å². The van der Waals surface area contributed by atoms with Gasteiger partial charge in [0.05, 0.1) is 11.4 Å². The van der Waals surface area contributed by atoms with Crippen molar-refractivity contribution in [2.24, 2.45) is 9.98 Å². The predicted molar refractivity (Wildman–Crippen MR) is 132 cm³/mol. The van der Waals surface area contributed by atoms with Crippen molar-refractivity contribution in [3.63, 3.8) is 0 Å². The number of aromatic nitrogens is 2. The zero-order chi connectivity index (χ0) is 26.8. The molecule has 0 amide bonds. The van der Waals surface area contributed by atoms with Crippen LogP contribution in [0, 0.1) is 12.7 Å². The van der Waals surface area contributed by atoms with Gasteiger partial charge in [-0.1, -0.05) is 18.2 Å². The lowest BCUT2D eigenvalue weighted by molar-refractivity contribution is -0.135. The first-order valence-corrected chi connectivity index (χ1v) is 11.0. The number of carbonyl (C=O) groups is 1. The predicted octanol–water partition coefficient (Wildman–Crippen LogP) is 4.61. The molecule has 0 aliphatic rings. The maximum atomic E-state index is 13.6. The topological polar surface area (TPSA) is 109 Å². The minimum absolute atomic E-state index is 0.0248. The minimum Gasteiger partial charge on any atom is -0.480 e. The fraction of sp³-hybridized carbons (Fsp3) is 0.192. The standard InChI is InChI=1S/C26H24F3N5O3/c1-16-11-18(13-23(32-16)25(28)29)12-22(19-6-8-20(27)9-7-19)34-26(31-14-24(35)36)33-17(2)37-15-21-5-3-4-10-30-21/h3-11,13,25H,2,12,14-15H2,1H3,(H,31,33)(H,35,36)/b34-22+. The number of benzene rings is 1. The normalized spacial score (nSPS) is 11.9. The van der Waals surface area contributed by atoms with E-state index in [-0.39, 0.29) is 30.6 Å². The highest BCUT2D eigenvalue weighted by Crippen LogP contribution is 2.20. The highest BCUT2D eigenvalue weighted by atomic mass is 19.3. The number of aliphatic carboxylic acids is 1. The molecule has 37 heavy (non-hydrogen) atoms. The number of halogens is 3. The number of hydrogen-bond acceptors (Lipinski definition) is 5. The molecular formula is C26H24F3N5O3. The molecule has 0 atom stereocenters. The molecule has 1 aromatic carbocycles. The summed E-state index contributed by atoms with van der Waals surface area (Å²) in [6.07, 6.45) is -1.11. The van der Waals surface area contributed by atoms with E-state index in [2.05, 4.69) is 31.8 Å². The maximum absolute atomic E-state index is 13.6. The Bertz CT molecular complexity index is 1300. The van der Waals surface area contributed by atoms with Crippen molar-refractivity contribution in [2.45, 2.75) is 26.4 Å². The quantitative estimate of drug-likeness (QED) is 0.234. The number of hydrogen-bond donors (Lipinski definition) is 2. The molecule has 0 unspecified atom stereocenters. The van der Waals surface area contributed by atoms with Gasteiger partial charge in [-0.05, 0) is 61.0 Å². The molecule has 0 saturated carbocycles. The van der Waals surface area contributed by atoms with Crippen LogP contribution in [0.4, 0.5) is 13.2 Å². The smallest absolute Gasteiger partial charge is 0.325 e. The SMILES string of the molecule is C=C(NC(=NCC(=O)O)/N=C(\Cc1cc(C)nc(C(F)F)c1)c1ccc(F)cc1)OCc1ccccn1. The largest absolute Gasteiger partial charge is 0.480 e. The van der Waals surface area contributed by atoms with E-state index in [0.717, 1.165) is 0 Å². The van der Waals surface area contributed by atoms with Gasteiger partial charge in [0.15, 0.2) is 5.88 Å². The van der Waals surface area contributed by atoms with Gasteiger partial charge in [-0.3, -0.25) is 20.1 Å². The summed E-state index contributed by atoms with van der Waals surface area (Å²) in [5, 5.41) is 11.8. The maximum Gasteiger partial charge on any atom is 0.325 e. The second-order valence-corrected chi connectivity index (χ2v) is 7.78. The lowest BCUT2D eigenvalue weighted by Gasteiger charge is -2.14. The second-order valence-electron chi connectivity index (χ2n) is 7.78. The van der Waals surface area contributed by atoms with Crippen molar-refractivity contribution < 1.29 is 27.8 Å². The van der Waals surface area contributed by atoms with E-state index in [4.69, 9.17) is 9.84 Å². The van der Waals surface area contributed by atoms with E-state index in [1.165, 1.54) is 30.3 Å². The molecule has 0 aliphatic heterocycles. The number of carboxylic acid groups (broad SMARTS) is 1. The van der Waals surface area contributed by atoms with E-state index < -0.39 is 24.8 Å². The fourth-order valence-electron chi connectivity index (χ4n) is 3.20. The van der Waals surface area contributed by atoms with Crippen molar-refractivity contribution in [3.8, 4) is 0 Å². The Labute approximate surface area is 211 Å². The van der Waals surface area contributed by atoms with Crippen LogP contribution in [-0.4, -0.2) is 39.3 Å². The summed E-state index contributed by atoms with van der Waals surface area (Å²) >= 11 is 0. The fourth-order valence-corrected chi connectivity index (χ4v) is 3.20. The summed E-state index contributed by atoms with van der Waals surface area (Å²) in [4.78, 5) is 27.6. The first kappa shape index (κ1) is 27.1. The van der Waals surface area contributed by atoms with Crippen molar-refractivity contribution in [1.82, 2.24) is 15.3 Å². The molecule has 0 spiro atoms. The highest BCUT2D eigenvalue weighted by Gasteiger charge is 2.14. The van der Waals surface area contributed by atoms with Crippen LogP contribution in [0.15, 0.2) is 83.2 Å². The zero-order valence-electron chi connectivity index (χ0n) is 19.9. The summed E-state index contributed by atoms with van der Waals surface area (Å²) in [6.45, 7) is 4.82. The van der Waals surface area contributed by atoms with Gasteiger partial charge in [0.2, 0.25) is 5.96 Å². The first-order valence-electron chi connectivity index (χ1n) is 11.0. The molecule has 0 saturated heterocycles. The molecule has 8 nitrogen and oxygen atoms in total. The Morgan fingerprint density at radius 1 is 1.19 bits per heavy atom. The van der Waals surface area contributed by atoms with Crippen LogP contribution in [0.2, 0.25) is 0 Å². The second kappa shape index (κ2) is 13.0. The van der Waals surface area contributed by atoms with Gasteiger partial charge in [-0.2, -0.15) is 0 Å². The number of nitrogens with one attached hydrogen (secondary N) is 1. The number of alkyl halides is 2. The molecule has 3 aromatic rings. The summed E-state index contributed by atoms with van der Waals surface area (Å²) in [5.74, 6) is -1.80. The summed E-state index contributed by atoms with van der Waals surface area (Å²) in [6, 6.07) is 13.6. The zero-order valence-corrected chi connectivity index (χ0v) is 19.9. The molecular weight excluding hydrogens is 487 g/mol. The Morgan fingerprint density at radius 2 is 1.95 bits per heavy atom. The lowest BCUT2D eigenvalue weighted by Crippen LogP contribution is -2.25. The Morgan fingerprint density at radius 3 is 2.59 bits per heavy atom. The number of pyridine rings is 2. The third-order valence-corrected chi connectivity index (χ3v) is 4.78. The third kappa shape index (κ3) is 8.88. The molecule has 2 heterocycles. The van der Waals surface area contributed by atoms with Gasteiger partial charge in [-0.15, -0.1) is 0 Å². The van der Waals surface area contributed by atoms with Crippen LogP contribution in [0.25, 0.3) is 0 Å². The molecule has 11 heteroatoms. The van der Waals surface area contributed by atoms with Crippen LogP contribution in [0.5, 0.6) is 0 Å². The summed E-state index contributed by atoms with van der Waals surface area (Å²) < 4.78 is 45.7. The molecule has 0 fully saturated rings. The molecule has 0 aliphatic carbocycles. The Balaban J connectivity index is 1.93. The summed E-state index contributed by atoms with van der Waals surface area (Å²) in [5.41, 5.74) is 1.89. The van der Waals surface area contributed by atoms with Crippen molar-refractivity contribution >= 4 is 17.6 Å². The number of carboxylic acids is 1. The van der Waals surface area contributed by atoms with Gasteiger partial charge in [0.25, 0.3) is 6.43 Å². The number of aliphatic imine (C=N–C) groups is 2. The average Bonchev–Trinajstić information content (AvgIpc) is 2.86. The number of rotatable bonds is 10. The minimum atomic E-state index is -2.77. The first-order chi connectivity index (χ1) is 17.7. The Kier molecular flexibility index (Phi) is 9.48. The van der Waals surface area contributed by atoms with Gasteiger partial charge < -0.3 is 9.84 Å². The third-order valence-electron chi connectivity index (χ3n) is 4.78. The van der Waals surface area contributed by atoms with Gasteiger partial charge in [0, 0.05) is 18.3 Å². The van der Waals surface area contributed by atoms with E-state index >= 15 is 0 Å². The van der Waals surface area contributed by atoms with Gasteiger partial charge >= 0.3 is 5.97 Å². The van der Waals surface area contributed by atoms with E-state index in [1.807, 2.05) is 0 Å². The van der Waals surface area contributed by atoms with Crippen LogP contribution in [0.1, 0.15) is 34.6 Å². The van der Waals surface area contributed by atoms with Crippen LogP contribution < -0.4 is 5.32 Å². The van der Waals surface area contributed by atoms with E-state index in [9.17, 15) is 18.0 Å². The monoisotopic (exact) mass is 511 g/mol. The van der Waals surface area contributed by atoms with Crippen molar-refractivity contribution in [1.29, 1.82) is 0 Å². The molecule has 192 valence electrons. The number of nitrogens with zero attached hydrogens (tertiary/aromatic N) is 4. The van der Waals surface area contributed by atoms with E-state index in [1.54, 1.807) is 37.4 Å². The number of ether oxygens (including phenoxy) is 1. The number of aryl methyl sites for hydroxylation is 1. The molecule has 2 aromatic heterocycles. The van der Waals surface area contributed by atoms with Gasteiger partial charge in [-0.25, -0.2) is 23.2 Å². The van der Waals surface area contributed by atoms with Crippen LogP contribution in [-0.2, 0) is 22.6 Å². The van der Waals surface area contributed by atoms with E-state index in [0.29, 0.717) is 28.2 Å². The average molecular weight is 512 g/mol. The van der Waals surface area contributed by atoms with Crippen LogP contribution in [0.3, 0.4) is 0 Å². The number of guanidine groups is 1. The molecule has 0 radical (unpaired) electrons.